The standard InChI is InChI=1S/C26H21Cl2N3O5/c1-15(17-4-3-5-19(12-17)29-25(32)21-10-11-34-16(21)2)30-31-26(33)23-9-7-20(36-23)14-35-24-13-18(27)6-8-22(24)28/h3-13H,14H2,1-2H3,(H,29,32)(H,31,33)/b30-15-. The van der Waals surface area contributed by atoms with E-state index in [-0.39, 0.29) is 18.3 Å². The summed E-state index contributed by atoms with van der Waals surface area (Å²) in [6.45, 7) is 3.51. The number of anilines is 1. The number of amides is 2. The largest absolute Gasteiger partial charge is 0.484 e. The molecule has 0 atom stereocenters. The molecule has 0 aliphatic carbocycles. The Morgan fingerprint density at radius 2 is 1.86 bits per heavy atom. The van der Waals surface area contributed by atoms with E-state index in [9.17, 15) is 9.59 Å². The first-order valence-electron chi connectivity index (χ1n) is 10.8. The number of hydrogen-bond donors (Lipinski definition) is 2. The van der Waals surface area contributed by atoms with Crippen molar-refractivity contribution in [3.63, 3.8) is 0 Å². The number of halogens is 2. The van der Waals surface area contributed by atoms with Crippen LogP contribution < -0.4 is 15.5 Å². The van der Waals surface area contributed by atoms with Gasteiger partial charge in [-0.1, -0.05) is 35.3 Å². The quantitative estimate of drug-likeness (QED) is 0.202. The highest BCUT2D eigenvalue weighted by molar-refractivity contribution is 6.34. The molecule has 0 unspecified atom stereocenters. The number of ether oxygens (including phenoxy) is 1. The van der Waals surface area contributed by atoms with Crippen molar-refractivity contribution in [1.82, 2.24) is 5.43 Å². The predicted octanol–water partition coefficient (Wildman–Crippen LogP) is 6.47. The molecule has 0 aliphatic rings. The van der Waals surface area contributed by atoms with Gasteiger partial charge in [0.2, 0.25) is 0 Å². The summed E-state index contributed by atoms with van der Waals surface area (Å²) in [5.74, 6) is 0.625. The van der Waals surface area contributed by atoms with Gasteiger partial charge in [0.1, 0.15) is 23.9 Å². The van der Waals surface area contributed by atoms with E-state index < -0.39 is 5.91 Å². The van der Waals surface area contributed by atoms with Crippen LogP contribution in [0.2, 0.25) is 10.0 Å². The van der Waals surface area contributed by atoms with Gasteiger partial charge in [-0.25, -0.2) is 5.43 Å². The Balaban J connectivity index is 1.35. The maximum atomic E-state index is 12.5. The minimum absolute atomic E-state index is 0.0620. The number of furan rings is 2. The maximum absolute atomic E-state index is 12.5. The van der Waals surface area contributed by atoms with E-state index in [0.717, 1.165) is 0 Å². The molecule has 2 N–H and O–H groups in total. The smallest absolute Gasteiger partial charge is 0.307 e. The summed E-state index contributed by atoms with van der Waals surface area (Å²) < 4.78 is 16.3. The lowest BCUT2D eigenvalue weighted by Crippen LogP contribution is -2.19. The number of carbonyl (C=O) groups is 2. The van der Waals surface area contributed by atoms with Crippen molar-refractivity contribution >= 4 is 46.4 Å². The molecule has 8 nitrogen and oxygen atoms in total. The van der Waals surface area contributed by atoms with Crippen molar-refractivity contribution in [3.8, 4) is 5.75 Å². The Morgan fingerprint density at radius 3 is 2.64 bits per heavy atom. The number of hydrazone groups is 1. The van der Waals surface area contributed by atoms with Crippen molar-refractivity contribution in [2.75, 3.05) is 5.32 Å². The zero-order valence-electron chi connectivity index (χ0n) is 19.3. The molecule has 36 heavy (non-hydrogen) atoms. The minimum Gasteiger partial charge on any atom is -0.484 e. The summed E-state index contributed by atoms with van der Waals surface area (Å²) in [6, 6.07) is 16.7. The van der Waals surface area contributed by atoms with Gasteiger partial charge in [0.15, 0.2) is 5.76 Å². The number of benzene rings is 2. The minimum atomic E-state index is -0.527. The van der Waals surface area contributed by atoms with Crippen molar-refractivity contribution in [2.45, 2.75) is 20.5 Å². The van der Waals surface area contributed by atoms with Gasteiger partial charge < -0.3 is 18.9 Å². The molecule has 10 heteroatoms. The second-order valence-corrected chi connectivity index (χ2v) is 8.54. The van der Waals surface area contributed by atoms with Crippen LogP contribution in [0.1, 0.15) is 44.9 Å². The van der Waals surface area contributed by atoms with Crippen molar-refractivity contribution < 1.29 is 23.2 Å². The van der Waals surface area contributed by atoms with Crippen LogP contribution in [-0.4, -0.2) is 17.5 Å². The van der Waals surface area contributed by atoms with Crippen molar-refractivity contribution in [2.24, 2.45) is 5.10 Å². The van der Waals surface area contributed by atoms with Crippen LogP contribution in [0.3, 0.4) is 0 Å². The topological polar surface area (TPSA) is 106 Å². The van der Waals surface area contributed by atoms with Gasteiger partial charge in [-0.3, -0.25) is 9.59 Å². The predicted molar refractivity (Wildman–Crippen MR) is 137 cm³/mol. The Morgan fingerprint density at radius 1 is 1.03 bits per heavy atom. The molecule has 2 aromatic carbocycles. The number of nitrogens with one attached hydrogen (secondary N) is 2. The highest BCUT2D eigenvalue weighted by Crippen LogP contribution is 2.28. The lowest BCUT2D eigenvalue weighted by Gasteiger charge is -2.07. The normalized spacial score (nSPS) is 11.3. The average molecular weight is 526 g/mol. The molecular formula is C26H21Cl2N3O5. The first-order valence-corrected chi connectivity index (χ1v) is 11.5. The first kappa shape index (κ1) is 25.1. The molecule has 0 saturated carbocycles. The summed E-state index contributed by atoms with van der Waals surface area (Å²) >= 11 is 12.0. The molecule has 0 saturated heterocycles. The second kappa shape index (κ2) is 11.2. The van der Waals surface area contributed by atoms with Crippen LogP contribution in [0, 0.1) is 6.92 Å². The van der Waals surface area contributed by atoms with Gasteiger partial charge in [-0.05, 0) is 61.9 Å². The third kappa shape index (κ3) is 6.16. The molecule has 4 aromatic rings. The van der Waals surface area contributed by atoms with Gasteiger partial charge >= 0.3 is 5.91 Å². The molecule has 0 aliphatic heterocycles. The van der Waals surface area contributed by atoms with E-state index >= 15 is 0 Å². The van der Waals surface area contributed by atoms with E-state index in [0.29, 0.717) is 49.8 Å². The van der Waals surface area contributed by atoms with Gasteiger partial charge in [0.05, 0.1) is 22.6 Å². The van der Waals surface area contributed by atoms with Gasteiger partial charge in [0, 0.05) is 16.8 Å². The Labute approximate surface area is 216 Å². The fourth-order valence-electron chi connectivity index (χ4n) is 3.21. The fourth-order valence-corrected chi connectivity index (χ4v) is 3.54. The summed E-state index contributed by atoms with van der Waals surface area (Å²) in [5, 5.41) is 7.87. The van der Waals surface area contributed by atoms with Crippen LogP contribution in [0.25, 0.3) is 0 Å². The van der Waals surface area contributed by atoms with E-state index in [1.54, 1.807) is 62.4 Å². The van der Waals surface area contributed by atoms with Crippen LogP contribution >= 0.6 is 23.2 Å². The Kier molecular flexibility index (Phi) is 7.77. The number of aryl methyl sites for hydroxylation is 1. The molecule has 184 valence electrons. The first-order chi connectivity index (χ1) is 17.3. The zero-order chi connectivity index (χ0) is 25.7. The number of nitrogens with zero attached hydrogens (tertiary/aromatic N) is 1. The summed E-state index contributed by atoms with van der Waals surface area (Å²) in [7, 11) is 0. The summed E-state index contributed by atoms with van der Waals surface area (Å²) in [4.78, 5) is 24.9. The number of hydrogen-bond acceptors (Lipinski definition) is 6. The lowest BCUT2D eigenvalue weighted by molar-refractivity contribution is 0.0922. The SMILES string of the molecule is C/C(=N/NC(=O)c1ccc(COc2cc(Cl)ccc2Cl)o1)c1cccc(NC(=O)c2ccoc2C)c1. The maximum Gasteiger partial charge on any atom is 0.307 e. The number of rotatable bonds is 8. The Bertz CT molecular complexity index is 1440. The summed E-state index contributed by atoms with van der Waals surface area (Å²) in [6.07, 6.45) is 1.46. The molecule has 4 rings (SSSR count). The lowest BCUT2D eigenvalue weighted by atomic mass is 10.1. The molecule has 2 aromatic heterocycles. The fraction of sp³-hybridized carbons (Fsp3) is 0.115. The molecule has 2 heterocycles. The molecule has 0 radical (unpaired) electrons. The van der Waals surface area contributed by atoms with E-state index in [1.165, 1.54) is 12.3 Å². The second-order valence-electron chi connectivity index (χ2n) is 7.69. The van der Waals surface area contributed by atoms with E-state index in [2.05, 4.69) is 15.8 Å². The Hall–Kier alpha value is -4.01. The molecule has 0 spiro atoms. The van der Waals surface area contributed by atoms with Gasteiger partial charge in [-0.15, -0.1) is 0 Å². The van der Waals surface area contributed by atoms with Crippen LogP contribution in [0.15, 0.2) is 80.9 Å². The third-order valence-electron chi connectivity index (χ3n) is 5.12. The van der Waals surface area contributed by atoms with Crippen LogP contribution in [-0.2, 0) is 6.61 Å². The monoisotopic (exact) mass is 525 g/mol. The molecule has 2 amide bonds. The van der Waals surface area contributed by atoms with Gasteiger partial charge in [0.25, 0.3) is 5.91 Å². The zero-order valence-corrected chi connectivity index (χ0v) is 20.8. The average Bonchev–Trinajstić information content (AvgIpc) is 3.52. The number of carbonyl (C=O) groups excluding carboxylic acids is 2. The van der Waals surface area contributed by atoms with Crippen molar-refractivity contribution in [1.29, 1.82) is 0 Å². The van der Waals surface area contributed by atoms with Crippen LogP contribution in [0.5, 0.6) is 5.75 Å². The molecular weight excluding hydrogens is 505 g/mol. The third-order valence-corrected chi connectivity index (χ3v) is 5.66. The molecule has 0 fully saturated rings. The molecule has 0 bridgehead atoms. The van der Waals surface area contributed by atoms with E-state index in [1.807, 2.05) is 6.07 Å². The van der Waals surface area contributed by atoms with Crippen LogP contribution in [0.4, 0.5) is 5.69 Å². The highest BCUT2D eigenvalue weighted by Gasteiger charge is 2.14. The van der Waals surface area contributed by atoms with E-state index in [4.69, 9.17) is 36.8 Å². The van der Waals surface area contributed by atoms with Crippen molar-refractivity contribution in [3.05, 3.63) is 105 Å². The highest BCUT2D eigenvalue weighted by atomic mass is 35.5. The summed E-state index contributed by atoms with van der Waals surface area (Å²) in [5.41, 5.74) is 4.74. The van der Waals surface area contributed by atoms with Gasteiger partial charge in [-0.2, -0.15) is 5.10 Å².